The molecular weight excluding hydrogens is 178 g/mol. The summed E-state index contributed by atoms with van der Waals surface area (Å²) in [4.78, 5) is 2.55. The van der Waals surface area contributed by atoms with E-state index in [1.165, 1.54) is 0 Å². The SMILES string of the molecule is [N-]=[N+]=N[C@H]1[C@@H]2OC[C@@H](O2)[C@@H](O)[C@@H]1O. The minimum absolute atomic E-state index is 0.223. The first-order chi connectivity index (χ1) is 6.24. The summed E-state index contributed by atoms with van der Waals surface area (Å²) in [6.07, 6.45) is -3.39. The number of hydrogen-bond acceptors (Lipinski definition) is 5. The molecule has 2 heterocycles. The maximum Gasteiger partial charge on any atom is 0.169 e. The van der Waals surface area contributed by atoms with Gasteiger partial charge in [0.25, 0.3) is 0 Å². The summed E-state index contributed by atoms with van der Waals surface area (Å²) >= 11 is 0. The highest BCUT2D eigenvalue weighted by Gasteiger charge is 2.49. The molecule has 7 nitrogen and oxygen atoms in total. The lowest BCUT2D eigenvalue weighted by Crippen LogP contribution is -2.52. The largest absolute Gasteiger partial charge is 0.390 e. The van der Waals surface area contributed by atoms with Gasteiger partial charge in [-0.3, -0.25) is 0 Å². The summed E-state index contributed by atoms with van der Waals surface area (Å²) in [7, 11) is 0. The van der Waals surface area contributed by atoms with E-state index in [2.05, 4.69) is 10.0 Å². The molecule has 0 unspecified atom stereocenters. The normalized spacial score (nSPS) is 48.6. The van der Waals surface area contributed by atoms with Gasteiger partial charge < -0.3 is 19.7 Å². The van der Waals surface area contributed by atoms with Gasteiger partial charge in [-0.05, 0) is 5.53 Å². The summed E-state index contributed by atoms with van der Waals surface area (Å²) in [5, 5.41) is 22.2. The lowest BCUT2D eigenvalue weighted by atomic mass is 10.00. The number of aliphatic hydroxyl groups excluding tert-OH is 2. The van der Waals surface area contributed by atoms with Gasteiger partial charge in [0, 0.05) is 4.91 Å². The minimum Gasteiger partial charge on any atom is -0.390 e. The van der Waals surface area contributed by atoms with Gasteiger partial charge in [-0.15, -0.1) is 0 Å². The molecule has 2 fully saturated rings. The van der Waals surface area contributed by atoms with E-state index >= 15 is 0 Å². The summed E-state index contributed by atoms with van der Waals surface area (Å²) in [5.41, 5.74) is 8.20. The molecule has 2 aliphatic heterocycles. The average molecular weight is 187 g/mol. The molecule has 13 heavy (non-hydrogen) atoms. The highest BCUT2D eigenvalue weighted by molar-refractivity contribution is 4.96. The summed E-state index contributed by atoms with van der Waals surface area (Å²) in [6.45, 7) is 0.223. The fourth-order valence-corrected chi connectivity index (χ4v) is 1.56. The average Bonchev–Trinajstić information content (AvgIpc) is 2.56. The lowest BCUT2D eigenvalue weighted by Gasteiger charge is -2.32. The molecule has 0 radical (unpaired) electrons. The van der Waals surface area contributed by atoms with Gasteiger partial charge in [0.1, 0.15) is 18.2 Å². The van der Waals surface area contributed by atoms with Crippen LogP contribution in [0.3, 0.4) is 0 Å². The molecule has 0 aromatic heterocycles. The molecule has 7 heteroatoms. The van der Waals surface area contributed by atoms with Gasteiger partial charge in [0.15, 0.2) is 6.29 Å². The molecule has 0 saturated carbocycles. The van der Waals surface area contributed by atoms with Gasteiger partial charge in [0.05, 0.1) is 12.7 Å². The van der Waals surface area contributed by atoms with E-state index in [1.807, 2.05) is 0 Å². The van der Waals surface area contributed by atoms with Crippen molar-refractivity contribution in [2.24, 2.45) is 5.11 Å². The highest BCUT2D eigenvalue weighted by atomic mass is 16.7. The van der Waals surface area contributed by atoms with E-state index < -0.39 is 30.6 Å². The fraction of sp³-hybridized carbons (Fsp3) is 1.00. The molecule has 0 aromatic rings. The standard InChI is InChI=1S/C6H9N3O4/c7-9-8-3-5(11)4(10)2-1-12-6(3)13-2/h2-6,10-11H,1H2/t2-,3-,4-,5-,6-/m1/s1. The number of nitrogens with zero attached hydrogens (tertiary/aromatic N) is 3. The van der Waals surface area contributed by atoms with Crippen LogP contribution in [-0.4, -0.2) is 47.5 Å². The van der Waals surface area contributed by atoms with Crippen LogP contribution in [0.25, 0.3) is 10.4 Å². The second-order valence-corrected chi connectivity index (χ2v) is 3.05. The van der Waals surface area contributed by atoms with E-state index in [9.17, 15) is 10.2 Å². The molecule has 0 amide bonds. The zero-order chi connectivity index (χ0) is 9.42. The summed E-state index contributed by atoms with van der Waals surface area (Å²) in [6, 6.07) is -0.862. The maximum atomic E-state index is 9.47. The van der Waals surface area contributed by atoms with E-state index in [0.29, 0.717) is 0 Å². The number of hydrogen-bond donors (Lipinski definition) is 2. The van der Waals surface area contributed by atoms with Crippen LogP contribution in [0.1, 0.15) is 0 Å². The van der Waals surface area contributed by atoms with Crippen molar-refractivity contribution >= 4 is 0 Å². The van der Waals surface area contributed by atoms with Crippen LogP contribution in [0.2, 0.25) is 0 Å². The van der Waals surface area contributed by atoms with Crippen LogP contribution in [0.4, 0.5) is 0 Å². The summed E-state index contributed by atoms with van der Waals surface area (Å²) < 4.78 is 10.2. The minimum atomic E-state index is -1.11. The van der Waals surface area contributed by atoms with Crippen LogP contribution in [0, 0.1) is 0 Å². The maximum absolute atomic E-state index is 9.47. The summed E-state index contributed by atoms with van der Waals surface area (Å²) in [5.74, 6) is 0. The second kappa shape index (κ2) is 3.13. The van der Waals surface area contributed by atoms with Crippen molar-refractivity contribution < 1.29 is 19.7 Å². The molecule has 0 spiro atoms. The predicted molar refractivity (Wildman–Crippen MR) is 39.6 cm³/mol. The van der Waals surface area contributed by atoms with Gasteiger partial charge in [-0.25, -0.2) is 0 Å². The van der Waals surface area contributed by atoms with E-state index in [0.717, 1.165) is 0 Å². The Bertz CT molecular complexity index is 254. The van der Waals surface area contributed by atoms with Gasteiger partial charge in [0.2, 0.25) is 0 Å². The van der Waals surface area contributed by atoms with Gasteiger partial charge in [-0.2, -0.15) is 0 Å². The topological polar surface area (TPSA) is 108 Å². The van der Waals surface area contributed by atoms with Crippen LogP contribution < -0.4 is 0 Å². The van der Waals surface area contributed by atoms with Crippen molar-refractivity contribution in [3.05, 3.63) is 10.4 Å². The van der Waals surface area contributed by atoms with Crippen LogP contribution >= 0.6 is 0 Å². The predicted octanol–water partition coefficient (Wildman–Crippen LogP) is -0.858. The Hall–Kier alpha value is -0.850. The molecule has 2 rings (SSSR count). The van der Waals surface area contributed by atoms with Crippen molar-refractivity contribution in [2.45, 2.75) is 30.6 Å². The second-order valence-electron chi connectivity index (χ2n) is 3.05. The lowest BCUT2D eigenvalue weighted by molar-refractivity contribution is -0.177. The highest BCUT2D eigenvalue weighted by Crippen LogP contribution is 2.29. The third-order valence-corrected chi connectivity index (χ3v) is 2.28. The molecular formula is C6H9N3O4. The van der Waals surface area contributed by atoms with Crippen molar-refractivity contribution in [1.29, 1.82) is 0 Å². The first-order valence-electron chi connectivity index (χ1n) is 3.91. The molecule has 2 N–H and O–H groups in total. The smallest absolute Gasteiger partial charge is 0.169 e. The Morgan fingerprint density at radius 3 is 2.85 bits per heavy atom. The van der Waals surface area contributed by atoms with Crippen molar-refractivity contribution in [3.8, 4) is 0 Å². The Labute approximate surface area is 73.5 Å². The van der Waals surface area contributed by atoms with Crippen molar-refractivity contribution in [3.63, 3.8) is 0 Å². The van der Waals surface area contributed by atoms with Gasteiger partial charge in [-0.1, -0.05) is 5.11 Å². The van der Waals surface area contributed by atoms with E-state index in [-0.39, 0.29) is 6.61 Å². The third-order valence-electron chi connectivity index (χ3n) is 2.28. The zero-order valence-electron chi connectivity index (χ0n) is 6.65. The monoisotopic (exact) mass is 187 g/mol. The van der Waals surface area contributed by atoms with E-state index in [4.69, 9.17) is 15.0 Å². The Morgan fingerprint density at radius 2 is 2.15 bits per heavy atom. The molecule has 72 valence electrons. The number of aliphatic hydroxyl groups is 2. The third kappa shape index (κ3) is 1.27. The van der Waals surface area contributed by atoms with E-state index in [1.54, 1.807) is 0 Å². The molecule has 2 saturated heterocycles. The number of ether oxygens (including phenoxy) is 2. The van der Waals surface area contributed by atoms with Crippen LogP contribution in [0.15, 0.2) is 5.11 Å². The first-order valence-corrected chi connectivity index (χ1v) is 3.91. The number of fused-ring (bicyclic) bond motifs is 2. The molecule has 0 aliphatic carbocycles. The number of azide groups is 1. The fourth-order valence-electron chi connectivity index (χ4n) is 1.56. The molecule has 2 aliphatic rings. The Morgan fingerprint density at radius 1 is 1.38 bits per heavy atom. The number of rotatable bonds is 1. The molecule has 2 bridgehead atoms. The quantitative estimate of drug-likeness (QED) is 0.316. The van der Waals surface area contributed by atoms with Gasteiger partial charge >= 0.3 is 0 Å². The van der Waals surface area contributed by atoms with Crippen molar-refractivity contribution in [1.82, 2.24) is 0 Å². The first kappa shape index (κ1) is 8.74. The Balaban J connectivity index is 2.21. The van der Waals surface area contributed by atoms with Crippen LogP contribution in [-0.2, 0) is 9.47 Å². The Kier molecular flexibility index (Phi) is 2.10. The molecule has 0 aromatic carbocycles. The van der Waals surface area contributed by atoms with Crippen molar-refractivity contribution in [2.75, 3.05) is 6.61 Å². The zero-order valence-corrected chi connectivity index (χ0v) is 6.65. The van der Waals surface area contributed by atoms with Crippen LogP contribution in [0.5, 0.6) is 0 Å². The molecule has 5 atom stereocenters.